The predicted octanol–water partition coefficient (Wildman–Crippen LogP) is 1.97. The zero-order valence-corrected chi connectivity index (χ0v) is 10.0. The van der Waals surface area contributed by atoms with Crippen LogP contribution in [0.25, 0.3) is 0 Å². The number of nitrogens with zero attached hydrogens (tertiary/aromatic N) is 1. The molecule has 5 heteroatoms. The van der Waals surface area contributed by atoms with Crippen molar-refractivity contribution in [3.8, 4) is 0 Å². The summed E-state index contributed by atoms with van der Waals surface area (Å²) in [5.74, 6) is -0.429. The van der Waals surface area contributed by atoms with E-state index in [1.54, 1.807) is 25.4 Å². The van der Waals surface area contributed by atoms with Crippen molar-refractivity contribution in [2.45, 2.75) is 20.0 Å². The average Bonchev–Trinajstić information content (AvgIpc) is 2.73. The highest BCUT2D eigenvalue weighted by Gasteiger charge is 2.12. The van der Waals surface area contributed by atoms with E-state index < -0.39 is 5.97 Å². The Morgan fingerprint density at radius 3 is 2.72 bits per heavy atom. The van der Waals surface area contributed by atoms with E-state index in [0.717, 1.165) is 11.1 Å². The number of carboxylic acids is 1. The lowest BCUT2D eigenvalue weighted by molar-refractivity contribution is 0.0661. The van der Waals surface area contributed by atoms with Crippen LogP contribution in [-0.2, 0) is 13.1 Å². The fourth-order valence-corrected chi connectivity index (χ4v) is 1.64. The van der Waals surface area contributed by atoms with Gasteiger partial charge in [0.15, 0.2) is 0 Å². The van der Waals surface area contributed by atoms with Gasteiger partial charge in [0.25, 0.3) is 0 Å². The molecule has 5 nitrogen and oxygen atoms in total. The van der Waals surface area contributed by atoms with Crippen molar-refractivity contribution in [2.24, 2.45) is 0 Å². The third-order valence-corrected chi connectivity index (χ3v) is 2.63. The lowest BCUT2D eigenvalue weighted by atomic mass is 10.2. The van der Waals surface area contributed by atoms with E-state index in [1.807, 2.05) is 12.1 Å². The molecule has 2 aromatic heterocycles. The first kappa shape index (κ1) is 12.3. The smallest absolute Gasteiger partial charge is 0.371 e. The van der Waals surface area contributed by atoms with Crippen LogP contribution < -0.4 is 5.32 Å². The number of nitrogens with one attached hydrogen (secondary N) is 1. The molecular weight excluding hydrogens is 232 g/mol. The van der Waals surface area contributed by atoms with Gasteiger partial charge in [0.2, 0.25) is 5.76 Å². The van der Waals surface area contributed by atoms with Crippen molar-refractivity contribution in [1.29, 1.82) is 0 Å². The van der Waals surface area contributed by atoms with Crippen molar-refractivity contribution in [1.82, 2.24) is 10.3 Å². The Bertz CT molecular complexity index is 534. The predicted molar refractivity (Wildman–Crippen MR) is 65.2 cm³/mol. The molecule has 2 rings (SSSR count). The van der Waals surface area contributed by atoms with Crippen molar-refractivity contribution in [2.75, 3.05) is 0 Å². The summed E-state index contributed by atoms with van der Waals surface area (Å²) < 4.78 is 5.13. The number of hydrogen-bond donors (Lipinski definition) is 2. The normalized spacial score (nSPS) is 10.5. The Labute approximate surface area is 104 Å². The molecule has 18 heavy (non-hydrogen) atoms. The van der Waals surface area contributed by atoms with Crippen molar-refractivity contribution in [3.63, 3.8) is 0 Å². The van der Waals surface area contributed by atoms with Gasteiger partial charge in [-0.15, -0.1) is 0 Å². The quantitative estimate of drug-likeness (QED) is 0.843. The van der Waals surface area contributed by atoms with E-state index in [1.165, 1.54) is 0 Å². The number of pyridine rings is 1. The number of aryl methyl sites for hydroxylation is 1. The molecule has 0 spiro atoms. The molecule has 94 valence electrons. The Hall–Kier alpha value is -2.14. The fourth-order valence-electron chi connectivity index (χ4n) is 1.64. The van der Waals surface area contributed by atoms with Crippen LogP contribution in [0.1, 0.15) is 27.4 Å². The Balaban J connectivity index is 1.92. The van der Waals surface area contributed by atoms with Crippen molar-refractivity contribution < 1.29 is 14.3 Å². The summed E-state index contributed by atoms with van der Waals surface area (Å²) in [6, 6.07) is 5.41. The number of carbonyl (C=O) groups is 1. The van der Waals surface area contributed by atoms with Gasteiger partial charge in [0, 0.05) is 31.0 Å². The number of aromatic carboxylic acids is 1. The van der Waals surface area contributed by atoms with Gasteiger partial charge in [-0.3, -0.25) is 4.98 Å². The summed E-state index contributed by atoms with van der Waals surface area (Å²) in [4.78, 5) is 14.7. The third kappa shape index (κ3) is 2.95. The van der Waals surface area contributed by atoms with Gasteiger partial charge in [0.05, 0.1) is 0 Å². The molecular formula is C13H14N2O3. The minimum atomic E-state index is -1.04. The van der Waals surface area contributed by atoms with Gasteiger partial charge >= 0.3 is 5.97 Å². The first-order valence-electron chi connectivity index (χ1n) is 5.59. The average molecular weight is 246 g/mol. The van der Waals surface area contributed by atoms with Crippen molar-refractivity contribution in [3.05, 3.63) is 53.2 Å². The van der Waals surface area contributed by atoms with E-state index in [-0.39, 0.29) is 5.76 Å². The molecule has 0 bridgehead atoms. The van der Waals surface area contributed by atoms with Crippen LogP contribution >= 0.6 is 0 Å². The Morgan fingerprint density at radius 1 is 1.39 bits per heavy atom. The lowest BCUT2D eigenvalue weighted by Crippen LogP contribution is -2.12. The summed E-state index contributed by atoms with van der Waals surface area (Å²) in [6.45, 7) is 3.04. The Morgan fingerprint density at radius 2 is 2.11 bits per heavy atom. The van der Waals surface area contributed by atoms with E-state index in [4.69, 9.17) is 9.52 Å². The van der Waals surface area contributed by atoms with Gasteiger partial charge in [-0.2, -0.15) is 0 Å². The molecule has 0 amide bonds. The number of rotatable bonds is 5. The number of hydrogen-bond acceptors (Lipinski definition) is 4. The summed E-state index contributed by atoms with van der Waals surface area (Å²) in [5, 5.41) is 12.0. The van der Waals surface area contributed by atoms with Crippen LogP contribution in [0.5, 0.6) is 0 Å². The second-order valence-electron chi connectivity index (χ2n) is 3.96. The summed E-state index contributed by atoms with van der Waals surface area (Å²) >= 11 is 0. The second kappa shape index (κ2) is 5.46. The lowest BCUT2D eigenvalue weighted by Gasteiger charge is -2.03. The maximum absolute atomic E-state index is 10.7. The Kier molecular flexibility index (Phi) is 3.74. The minimum Gasteiger partial charge on any atom is -0.475 e. The van der Waals surface area contributed by atoms with Gasteiger partial charge in [-0.25, -0.2) is 4.79 Å². The standard InChI is InChI=1S/C13H14N2O3/c1-9-11(6-12(18-9)13(16)17)8-15-7-10-2-4-14-5-3-10/h2-6,15H,7-8H2,1H3,(H,16,17). The highest BCUT2D eigenvalue weighted by atomic mass is 16.4. The highest BCUT2D eigenvalue weighted by molar-refractivity contribution is 5.84. The summed E-state index contributed by atoms with van der Waals surface area (Å²) in [6.07, 6.45) is 3.48. The van der Waals surface area contributed by atoms with Crippen LogP contribution in [0.3, 0.4) is 0 Å². The molecule has 0 aromatic carbocycles. The molecule has 0 aliphatic heterocycles. The first-order chi connectivity index (χ1) is 8.66. The molecule has 0 fully saturated rings. The van der Waals surface area contributed by atoms with E-state index in [2.05, 4.69) is 10.3 Å². The SMILES string of the molecule is Cc1oc(C(=O)O)cc1CNCc1ccncc1. The highest BCUT2D eigenvalue weighted by Crippen LogP contribution is 2.14. The molecule has 0 unspecified atom stereocenters. The zero-order valence-electron chi connectivity index (χ0n) is 10.0. The maximum Gasteiger partial charge on any atom is 0.371 e. The molecule has 0 saturated heterocycles. The molecule has 0 radical (unpaired) electrons. The van der Waals surface area contributed by atoms with Crippen LogP contribution in [0, 0.1) is 6.92 Å². The van der Waals surface area contributed by atoms with Crippen molar-refractivity contribution >= 4 is 5.97 Å². The van der Waals surface area contributed by atoms with E-state index in [0.29, 0.717) is 18.8 Å². The molecule has 0 aliphatic rings. The van der Waals surface area contributed by atoms with Crippen LogP contribution in [-0.4, -0.2) is 16.1 Å². The number of carboxylic acid groups (broad SMARTS) is 1. The second-order valence-corrected chi connectivity index (χ2v) is 3.96. The first-order valence-corrected chi connectivity index (χ1v) is 5.59. The largest absolute Gasteiger partial charge is 0.475 e. The summed E-state index contributed by atoms with van der Waals surface area (Å²) in [5.41, 5.74) is 1.99. The molecule has 2 N–H and O–H groups in total. The molecule has 0 atom stereocenters. The summed E-state index contributed by atoms with van der Waals surface area (Å²) in [7, 11) is 0. The molecule has 2 heterocycles. The topological polar surface area (TPSA) is 75.4 Å². The van der Waals surface area contributed by atoms with Gasteiger partial charge in [-0.05, 0) is 30.7 Å². The number of aromatic nitrogens is 1. The van der Waals surface area contributed by atoms with Gasteiger partial charge in [-0.1, -0.05) is 0 Å². The molecule has 2 aromatic rings. The monoisotopic (exact) mass is 246 g/mol. The van der Waals surface area contributed by atoms with Gasteiger partial charge in [0.1, 0.15) is 5.76 Å². The van der Waals surface area contributed by atoms with Crippen LogP contribution in [0.2, 0.25) is 0 Å². The maximum atomic E-state index is 10.7. The molecule has 0 saturated carbocycles. The van der Waals surface area contributed by atoms with Crippen LogP contribution in [0.15, 0.2) is 35.0 Å². The fraction of sp³-hybridized carbons (Fsp3) is 0.231. The van der Waals surface area contributed by atoms with Crippen LogP contribution in [0.4, 0.5) is 0 Å². The van der Waals surface area contributed by atoms with Gasteiger partial charge < -0.3 is 14.8 Å². The van der Waals surface area contributed by atoms with E-state index in [9.17, 15) is 4.79 Å². The van der Waals surface area contributed by atoms with E-state index >= 15 is 0 Å². The minimum absolute atomic E-state index is 0.0202. The number of furan rings is 1. The molecule has 0 aliphatic carbocycles. The zero-order chi connectivity index (χ0) is 13.0. The third-order valence-electron chi connectivity index (χ3n) is 2.63.